The van der Waals surface area contributed by atoms with E-state index < -0.39 is 12.0 Å². The van der Waals surface area contributed by atoms with Gasteiger partial charge in [-0.25, -0.2) is 23.4 Å². The Labute approximate surface area is 178 Å². The number of aryl methyl sites for hydroxylation is 1. The van der Waals surface area contributed by atoms with Gasteiger partial charge in [-0.2, -0.15) is 5.10 Å². The van der Waals surface area contributed by atoms with E-state index in [4.69, 9.17) is 10.5 Å². The molecule has 0 unspecified atom stereocenters. The number of nitrogens with zero attached hydrogens (tertiary/aromatic N) is 5. The lowest BCUT2D eigenvalue weighted by Crippen LogP contribution is -2.16. The van der Waals surface area contributed by atoms with E-state index in [0.29, 0.717) is 28.4 Å². The van der Waals surface area contributed by atoms with Gasteiger partial charge >= 0.3 is 0 Å². The SMILES string of the molecule is C=NC(=N/C=C(\C)[C@@H](F)CN)c1ccc(F)cc1Oc1cc(-c2ccccn2)nn1C. The van der Waals surface area contributed by atoms with E-state index in [2.05, 4.69) is 26.8 Å². The molecule has 0 saturated heterocycles. The summed E-state index contributed by atoms with van der Waals surface area (Å²) in [6.45, 7) is 4.92. The number of ether oxygens (including phenoxy) is 1. The largest absolute Gasteiger partial charge is 0.438 e. The van der Waals surface area contributed by atoms with Crippen LogP contribution in [0.5, 0.6) is 11.6 Å². The minimum Gasteiger partial charge on any atom is -0.438 e. The van der Waals surface area contributed by atoms with Crippen molar-refractivity contribution >= 4 is 12.6 Å². The van der Waals surface area contributed by atoms with Gasteiger partial charge in [0, 0.05) is 38.1 Å². The van der Waals surface area contributed by atoms with E-state index in [0.717, 1.165) is 0 Å². The maximum absolute atomic E-state index is 14.0. The highest BCUT2D eigenvalue weighted by atomic mass is 19.1. The summed E-state index contributed by atoms with van der Waals surface area (Å²) in [5.41, 5.74) is 7.31. The lowest BCUT2D eigenvalue weighted by atomic mass is 10.1. The minimum atomic E-state index is -1.32. The first-order valence-electron chi connectivity index (χ1n) is 9.41. The topological polar surface area (TPSA) is 90.7 Å². The lowest BCUT2D eigenvalue weighted by molar-refractivity contribution is 0.389. The maximum atomic E-state index is 14.0. The predicted molar refractivity (Wildman–Crippen MR) is 117 cm³/mol. The molecule has 9 heteroatoms. The van der Waals surface area contributed by atoms with Gasteiger partial charge < -0.3 is 10.5 Å². The molecule has 0 amide bonds. The molecule has 0 aliphatic carbocycles. The zero-order valence-electron chi connectivity index (χ0n) is 17.2. The van der Waals surface area contributed by atoms with Gasteiger partial charge in [-0.1, -0.05) is 6.07 Å². The molecule has 0 aliphatic heterocycles. The fraction of sp³-hybridized carbons (Fsp3) is 0.182. The van der Waals surface area contributed by atoms with Gasteiger partial charge in [-0.15, -0.1) is 0 Å². The molecule has 2 aromatic heterocycles. The van der Waals surface area contributed by atoms with Crippen molar-refractivity contribution in [1.82, 2.24) is 14.8 Å². The summed E-state index contributed by atoms with van der Waals surface area (Å²) in [6.07, 6.45) is 1.66. The number of amidine groups is 1. The fourth-order valence-corrected chi connectivity index (χ4v) is 2.69. The Morgan fingerprint density at radius 3 is 2.77 bits per heavy atom. The van der Waals surface area contributed by atoms with Crippen LogP contribution in [-0.2, 0) is 7.05 Å². The number of nitrogens with two attached hydrogens (primary N) is 1. The highest BCUT2D eigenvalue weighted by Crippen LogP contribution is 2.29. The molecule has 0 spiro atoms. The van der Waals surface area contributed by atoms with Crippen molar-refractivity contribution in [3.8, 4) is 23.0 Å². The van der Waals surface area contributed by atoms with Crippen molar-refractivity contribution in [3.63, 3.8) is 0 Å². The standard InChI is InChI=1S/C22H22F2N6O/c1-14(17(24)12-25)13-28-22(26-2)16-8-7-15(23)10-20(16)31-21-11-19(29-30(21)3)18-6-4-5-9-27-18/h4-11,13,17H,2,12,25H2,1,3H3/b14-13+,28-22?/t17-/m0/s1. The maximum Gasteiger partial charge on any atom is 0.218 e. The zero-order chi connectivity index (χ0) is 22.4. The van der Waals surface area contributed by atoms with Crippen LogP contribution in [0.1, 0.15) is 12.5 Å². The Bertz CT molecular complexity index is 1120. The molecule has 2 heterocycles. The van der Waals surface area contributed by atoms with Crippen molar-refractivity contribution in [2.45, 2.75) is 13.1 Å². The van der Waals surface area contributed by atoms with Gasteiger partial charge in [0.2, 0.25) is 5.88 Å². The fourth-order valence-electron chi connectivity index (χ4n) is 2.69. The van der Waals surface area contributed by atoms with Crippen LogP contribution in [0.2, 0.25) is 0 Å². The molecule has 2 N–H and O–H groups in total. The molecule has 3 rings (SSSR count). The highest BCUT2D eigenvalue weighted by molar-refractivity contribution is 6.04. The van der Waals surface area contributed by atoms with E-state index in [9.17, 15) is 8.78 Å². The minimum absolute atomic E-state index is 0.144. The Morgan fingerprint density at radius 2 is 2.10 bits per heavy atom. The Balaban J connectivity index is 1.97. The molecule has 7 nitrogen and oxygen atoms in total. The van der Waals surface area contributed by atoms with E-state index in [1.54, 1.807) is 32.3 Å². The number of aliphatic imine (C=N–C) groups is 2. The second-order valence-corrected chi connectivity index (χ2v) is 6.64. The van der Waals surface area contributed by atoms with Crippen LogP contribution in [0.4, 0.5) is 8.78 Å². The van der Waals surface area contributed by atoms with E-state index >= 15 is 0 Å². The van der Waals surface area contributed by atoms with Crippen LogP contribution in [0.3, 0.4) is 0 Å². The molecule has 0 saturated carbocycles. The molecule has 1 aromatic carbocycles. The third-order valence-corrected chi connectivity index (χ3v) is 4.40. The summed E-state index contributed by atoms with van der Waals surface area (Å²) in [5, 5.41) is 4.39. The number of hydrogen-bond donors (Lipinski definition) is 1. The molecule has 31 heavy (non-hydrogen) atoms. The van der Waals surface area contributed by atoms with Gasteiger partial charge in [0.25, 0.3) is 0 Å². The van der Waals surface area contributed by atoms with Crippen molar-refractivity contribution in [1.29, 1.82) is 0 Å². The zero-order valence-corrected chi connectivity index (χ0v) is 17.2. The molecule has 0 aliphatic rings. The van der Waals surface area contributed by atoms with Crippen LogP contribution in [0, 0.1) is 5.82 Å². The van der Waals surface area contributed by atoms with Crippen molar-refractivity contribution in [3.05, 3.63) is 71.8 Å². The van der Waals surface area contributed by atoms with E-state index in [1.807, 2.05) is 12.1 Å². The Morgan fingerprint density at radius 1 is 1.29 bits per heavy atom. The number of alkyl halides is 1. The quantitative estimate of drug-likeness (QED) is 0.457. The predicted octanol–water partition coefficient (Wildman–Crippen LogP) is 4.06. The first kappa shape index (κ1) is 22.0. The second-order valence-electron chi connectivity index (χ2n) is 6.64. The number of rotatable bonds is 7. The smallest absolute Gasteiger partial charge is 0.218 e. The third-order valence-electron chi connectivity index (χ3n) is 4.40. The number of aromatic nitrogens is 3. The molecule has 160 valence electrons. The van der Waals surface area contributed by atoms with Gasteiger partial charge in [0.15, 0.2) is 5.84 Å². The van der Waals surface area contributed by atoms with E-state index in [-0.39, 0.29) is 18.1 Å². The average Bonchev–Trinajstić information content (AvgIpc) is 3.15. The van der Waals surface area contributed by atoms with Gasteiger partial charge in [0.05, 0.1) is 11.3 Å². The summed E-state index contributed by atoms with van der Waals surface area (Å²) in [5.74, 6) is 0.150. The summed E-state index contributed by atoms with van der Waals surface area (Å²) < 4.78 is 35.1. The van der Waals surface area contributed by atoms with Gasteiger partial charge in [-0.3, -0.25) is 4.98 Å². The molecule has 0 radical (unpaired) electrons. The Kier molecular flexibility index (Phi) is 6.99. The summed E-state index contributed by atoms with van der Waals surface area (Å²) >= 11 is 0. The lowest BCUT2D eigenvalue weighted by Gasteiger charge is -2.11. The molecular formula is C22H22F2N6O. The van der Waals surface area contributed by atoms with Crippen LogP contribution in [0.15, 0.2) is 70.4 Å². The number of benzene rings is 1. The normalized spacial score (nSPS) is 13.2. The van der Waals surface area contributed by atoms with Crippen molar-refractivity contribution in [2.75, 3.05) is 6.54 Å². The second kappa shape index (κ2) is 9.86. The van der Waals surface area contributed by atoms with Crippen LogP contribution >= 0.6 is 0 Å². The number of hydrogen-bond acceptors (Lipinski definition) is 5. The first-order chi connectivity index (χ1) is 14.9. The molecule has 0 fully saturated rings. The van der Waals surface area contributed by atoms with Crippen molar-refractivity contribution in [2.24, 2.45) is 22.8 Å². The molecular weight excluding hydrogens is 402 g/mol. The monoisotopic (exact) mass is 424 g/mol. The number of halogens is 2. The number of pyridine rings is 1. The first-order valence-corrected chi connectivity index (χ1v) is 9.41. The van der Waals surface area contributed by atoms with Gasteiger partial charge in [-0.05, 0) is 43.5 Å². The highest BCUT2D eigenvalue weighted by Gasteiger charge is 2.16. The third kappa shape index (κ3) is 5.26. The summed E-state index contributed by atoms with van der Waals surface area (Å²) in [7, 11) is 1.70. The molecule has 0 bridgehead atoms. The van der Waals surface area contributed by atoms with Crippen LogP contribution in [0.25, 0.3) is 11.4 Å². The average molecular weight is 424 g/mol. The Hall–Kier alpha value is -3.72. The summed E-state index contributed by atoms with van der Waals surface area (Å²) in [6, 6.07) is 11.1. The molecule has 3 aromatic rings. The molecule has 1 atom stereocenters. The van der Waals surface area contributed by atoms with Gasteiger partial charge in [0.1, 0.15) is 23.4 Å². The van der Waals surface area contributed by atoms with Crippen molar-refractivity contribution < 1.29 is 13.5 Å². The van der Waals surface area contributed by atoms with Crippen LogP contribution in [-0.4, -0.2) is 40.0 Å². The summed E-state index contributed by atoms with van der Waals surface area (Å²) in [4.78, 5) is 12.3. The van der Waals surface area contributed by atoms with Crippen LogP contribution < -0.4 is 10.5 Å². The van der Waals surface area contributed by atoms with E-state index in [1.165, 1.54) is 29.1 Å².